The molecule has 0 radical (unpaired) electrons. The molecule has 4 N–H and O–H groups in total. The minimum absolute atomic E-state index is 0.0446. The number of furan rings is 2. The number of nitrogens with zero attached hydrogens (tertiary/aromatic N) is 4. The number of para-hydroxylation sites is 2. The zero-order valence-corrected chi connectivity index (χ0v) is 53.1. The summed E-state index contributed by atoms with van der Waals surface area (Å²) in [7, 11) is -0.406. The standard InChI is InChI=1S/C33H27F2N3O5S.C31H24F2N4O5S.CH3ClO2S/c1-5-18-9-10-20(15-23(18)33-37-30-25(35)7-6-8-27(30)43-33)22-16-24-28(17-26(22)38(3)44(4,40)41)42-31(29(24)32(39)36-2)19-11-13-21(34)14-12-19;1-35-30(38)27-21-14-19(17-9-12-23(34)20(13-17)31-36-28-22(33)5-4-6-25(28)42-31)24(37(2)43(3,39)40)15-26(21)41-29(27)16-7-10-18(32)11-8-16;1-5(2,3)4/h6-17H,5H2,1-4H3,(H,36,39);4-15H,34H2,1-3H3,(H,35,38);1H3. The molecule has 19 nitrogen and oxygen atoms in total. The molecule has 0 fully saturated rings. The lowest BCUT2D eigenvalue weighted by Crippen LogP contribution is -2.25. The number of sulfonamides is 2. The van der Waals surface area contributed by atoms with E-state index < -0.39 is 64.2 Å². The number of aryl methyl sites for hydroxylation is 1. The van der Waals surface area contributed by atoms with E-state index in [1.165, 1.54) is 101 Å². The number of fused-ring (bicyclic) bond motifs is 4. The topological polar surface area (TPSA) is 271 Å². The Morgan fingerprint density at radius 1 is 0.511 bits per heavy atom. The lowest BCUT2D eigenvalue weighted by Gasteiger charge is -2.21. The van der Waals surface area contributed by atoms with Crippen LogP contribution in [0.25, 0.3) is 112 Å². The molecule has 474 valence electrons. The molecular formula is C65H54ClF4N7O12S3. The second-order valence-corrected chi connectivity index (χ2v) is 28.0. The van der Waals surface area contributed by atoms with Crippen LogP contribution in [0.4, 0.5) is 34.6 Å². The number of halogens is 5. The number of carbonyl (C=O) groups excluding carboxylic acids is 2. The molecule has 0 aliphatic heterocycles. The molecule has 92 heavy (non-hydrogen) atoms. The summed E-state index contributed by atoms with van der Waals surface area (Å²) in [5.41, 5.74) is 13.5. The largest absolute Gasteiger partial charge is 0.455 e. The van der Waals surface area contributed by atoms with E-state index in [1.54, 1.807) is 54.6 Å². The highest BCUT2D eigenvalue weighted by molar-refractivity contribution is 8.13. The first-order valence-electron chi connectivity index (χ1n) is 27.5. The molecule has 0 unspecified atom stereocenters. The monoisotopic (exact) mass is 1330 g/mol. The molecule has 12 rings (SSSR count). The Bertz CT molecular complexity index is 5260. The van der Waals surface area contributed by atoms with Gasteiger partial charge in [0.2, 0.25) is 40.9 Å². The number of hydrogen-bond acceptors (Lipinski definition) is 15. The normalized spacial score (nSPS) is 11.8. The minimum Gasteiger partial charge on any atom is -0.455 e. The molecule has 0 spiro atoms. The number of carbonyl (C=O) groups is 2. The van der Waals surface area contributed by atoms with Crippen LogP contribution in [-0.2, 0) is 35.5 Å². The van der Waals surface area contributed by atoms with Crippen LogP contribution in [-0.4, -0.2) is 94.0 Å². The predicted molar refractivity (Wildman–Crippen MR) is 348 cm³/mol. The van der Waals surface area contributed by atoms with Gasteiger partial charge in [0.1, 0.15) is 45.4 Å². The number of rotatable bonds is 13. The first-order valence-corrected chi connectivity index (χ1v) is 34.0. The van der Waals surface area contributed by atoms with Crippen molar-refractivity contribution in [1.82, 2.24) is 20.6 Å². The van der Waals surface area contributed by atoms with E-state index in [0.717, 1.165) is 32.9 Å². The Morgan fingerprint density at radius 2 is 0.891 bits per heavy atom. The van der Waals surface area contributed by atoms with Crippen molar-refractivity contribution in [3.8, 4) is 67.8 Å². The average Bonchev–Trinajstić information content (AvgIpc) is 1.52. The Morgan fingerprint density at radius 3 is 1.27 bits per heavy atom. The van der Waals surface area contributed by atoms with E-state index in [4.69, 9.17) is 23.4 Å². The number of nitrogen functional groups attached to an aromatic ring is 1. The fourth-order valence-corrected chi connectivity index (χ4v) is 11.2. The van der Waals surface area contributed by atoms with Crippen molar-refractivity contribution in [3.63, 3.8) is 0 Å². The smallest absolute Gasteiger partial charge is 0.255 e. The third-order valence-electron chi connectivity index (χ3n) is 14.8. The van der Waals surface area contributed by atoms with Gasteiger partial charge in [0.15, 0.2) is 22.8 Å². The first kappa shape index (κ1) is 64.9. The molecule has 8 aromatic carbocycles. The lowest BCUT2D eigenvalue weighted by atomic mass is 9.94. The van der Waals surface area contributed by atoms with Gasteiger partial charge in [0, 0.05) is 95.3 Å². The van der Waals surface area contributed by atoms with E-state index in [0.29, 0.717) is 78.7 Å². The zero-order valence-electron chi connectivity index (χ0n) is 49.9. The molecule has 0 atom stereocenters. The van der Waals surface area contributed by atoms with Crippen LogP contribution in [0.1, 0.15) is 33.2 Å². The first-order chi connectivity index (χ1) is 43.4. The summed E-state index contributed by atoms with van der Waals surface area (Å²) in [5, 5.41) is 6.06. The molecule has 0 aliphatic carbocycles. The Hall–Kier alpha value is -10.0. The van der Waals surface area contributed by atoms with Crippen LogP contribution in [0.3, 0.4) is 0 Å². The highest BCUT2D eigenvalue weighted by Crippen LogP contribution is 2.45. The number of nitrogens with two attached hydrogens (primary N) is 1. The summed E-state index contributed by atoms with van der Waals surface area (Å²) in [6, 6.07) is 36.7. The van der Waals surface area contributed by atoms with Gasteiger partial charge in [0.05, 0.1) is 46.8 Å². The lowest BCUT2D eigenvalue weighted by molar-refractivity contribution is 0.0956. The van der Waals surface area contributed by atoms with Crippen molar-refractivity contribution in [2.75, 3.05) is 61.3 Å². The third-order valence-corrected chi connectivity index (χ3v) is 17.2. The summed E-state index contributed by atoms with van der Waals surface area (Å²) in [6.45, 7) is 1.97. The summed E-state index contributed by atoms with van der Waals surface area (Å²) < 4.78 is 152. The predicted octanol–water partition coefficient (Wildman–Crippen LogP) is 13.5. The van der Waals surface area contributed by atoms with Crippen molar-refractivity contribution in [2.24, 2.45) is 0 Å². The Labute approximate surface area is 528 Å². The highest BCUT2D eigenvalue weighted by Gasteiger charge is 2.29. The molecule has 27 heteroatoms. The third kappa shape index (κ3) is 13.3. The number of benzene rings is 8. The number of oxazole rings is 2. The van der Waals surface area contributed by atoms with E-state index in [2.05, 4.69) is 31.3 Å². The second kappa shape index (κ2) is 25.3. The van der Waals surface area contributed by atoms with Gasteiger partial charge in [-0.3, -0.25) is 18.2 Å². The maximum absolute atomic E-state index is 14.5. The fourth-order valence-electron chi connectivity index (χ4n) is 10.1. The Kier molecular flexibility index (Phi) is 17.9. The van der Waals surface area contributed by atoms with Gasteiger partial charge in [-0.2, -0.15) is 0 Å². The van der Waals surface area contributed by atoms with Crippen LogP contribution in [0.5, 0.6) is 0 Å². The average molecular weight is 1330 g/mol. The molecule has 0 bridgehead atoms. The van der Waals surface area contributed by atoms with Crippen LogP contribution >= 0.6 is 10.7 Å². The SMILES string of the molecule is CCc1ccc(-c2cc3c(C(=O)NC)c(-c4ccc(F)cc4)oc3cc2N(C)S(C)(=O)=O)cc1-c1nc2c(F)cccc2o1.CNC(=O)c1c(-c2ccc(F)cc2)oc2cc(N(C)S(C)(=O)=O)c(-c3ccc(N)c(-c4nc5c(F)cccc5o4)c3)cc12.CS(=O)(=O)Cl. The van der Waals surface area contributed by atoms with Gasteiger partial charge in [-0.05, 0) is 126 Å². The summed E-state index contributed by atoms with van der Waals surface area (Å²) >= 11 is 0. The van der Waals surface area contributed by atoms with Crippen molar-refractivity contribution in [3.05, 3.63) is 186 Å². The van der Waals surface area contributed by atoms with Gasteiger partial charge in [0.25, 0.3) is 11.8 Å². The van der Waals surface area contributed by atoms with Crippen LogP contribution in [0.2, 0.25) is 0 Å². The molecule has 4 heterocycles. The molecule has 2 amide bonds. The quantitative estimate of drug-likeness (QED) is 0.0550. The van der Waals surface area contributed by atoms with Crippen molar-refractivity contribution in [2.45, 2.75) is 13.3 Å². The van der Waals surface area contributed by atoms with Gasteiger partial charge in [-0.25, -0.2) is 52.8 Å². The molecular weight excluding hydrogens is 1280 g/mol. The van der Waals surface area contributed by atoms with Gasteiger partial charge >= 0.3 is 0 Å². The summed E-state index contributed by atoms with van der Waals surface area (Å²) in [6.07, 6.45) is 3.69. The van der Waals surface area contributed by atoms with E-state index >= 15 is 0 Å². The summed E-state index contributed by atoms with van der Waals surface area (Å²) in [5.74, 6) is -2.17. The molecule has 0 saturated heterocycles. The fraction of sp³-hybridized carbons (Fsp3) is 0.138. The van der Waals surface area contributed by atoms with Crippen LogP contribution in [0.15, 0.2) is 163 Å². The molecule has 12 aromatic rings. The van der Waals surface area contributed by atoms with E-state index in [-0.39, 0.29) is 67.9 Å². The van der Waals surface area contributed by atoms with Crippen molar-refractivity contribution in [1.29, 1.82) is 0 Å². The number of hydrogen-bond donors (Lipinski definition) is 3. The molecule has 0 aliphatic rings. The van der Waals surface area contributed by atoms with E-state index in [1.807, 2.05) is 25.1 Å². The maximum Gasteiger partial charge on any atom is 0.255 e. The highest BCUT2D eigenvalue weighted by atomic mass is 35.7. The Balaban J connectivity index is 0.000000188. The van der Waals surface area contributed by atoms with Crippen molar-refractivity contribution >= 4 is 113 Å². The number of aromatic nitrogens is 2. The van der Waals surface area contributed by atoms with Gasteiger partial charge in [-0.15, -0.1) is 0 Å². The maximum atomic E-state index is 14.5. The van der Waals surface area contributed by atoms with Crippen molar-refractivity contribution < 1.29 is 70.1 Å². The minimum atomic E-state index is -3.76. The van der Waals surface area contributed by atoms with Gasteiger partial charge < -0.3 is 34.0 Å². The number of nitrogens with one attached hydrogen (secondary N) is 2. The summed E-state index contributed by atoms with van der Waals surface area (Å²) in [4.78, 5) is 35.1. The zero-order chi connectivity index (χ0) is 66.5. The molecule has 4 aromatic heterocycles. The number of amides is 2. The second-order valence-electron chi connectivity index (χ2n) is 20.9. The van der Waals surface area contributed by atoms with Crippen LogP contribution < -0.4 is 25.0 Å². The number of anilines is 3. The molecule has 0 saturated carbocycles. The van der Waals surface area contributed by atoms with Gasteiger partial charge in [-0.1, -0.05) is 37.3 Å². The van der Waals surface area contributed by atoms with E-state index in [9.17, 15) is 52.4 Å². The van der Waals surface area contributed by atoms with Crippen LogP contribution in [0, 0.1) is 23.3 Å².